The molecule has 1 N–H and O–H groups in total. The normalized spacial score (nSPS) is 25.2. The monoisotopic (exact) mass is 275 g/mol. The molecule has 0 spiro atoms. The van der Waals surface area contributed by atoms with Crippen LogP contribution in [0.5, 0.6) is 6.01 Å². The lowest BCUT2D eigenvalue weighted by Gasteiger charge is -2.39. The molecule has 1 saturated carbocycles. The molecular formula is C14H17N3O3. The first-order valence-corrected chi connectivity index (χ1v) is 6.71. The molecule has 3 rings (SSSR count). The summed E-state index contributed by atoms with van der Waals surface area (Å²) in [5.74, 6) is 0. The maximum atomic E-state index is 9.62. The molecule has 2 aromatic rings. The van der Waals surface area contributed by atoms with E-state index in [2.05, 4.69) is 10.1 Å². The van der Waals surface area contributed by atoms with Gasteiger partial charge in [0.1, 0.15) is 18.5 Å². The van der Waals surface area contributed by atoms with E-state index in [1.54, 1.807) is 11.0 Å². The average Bonchev–Trinajstić information content (AvgIpc) is 2.94. The second-order valence-corrected chi connectivity index (χ2v) is 4.69. The first-order valence-electron chi connectivity index (χ1n) is 6.71. The van der Waals surface area contributed by atoms with Crippen molar-refractivity contribution < 1.29 is 14.6 Å². The highest BCUT2D eigenvalue weighted by Crippen LogP contribution is 2.27. The van der Waals surface area contributed by atoms with Crippen molar-refractivity contribution in [3.63, 3.8) is 0 Å². The number of aliphatic hydroxyl groups is 1. The third kappa shape index (κ3) is 2.52. The first kappa shape index (κ1) is 13.1. The van der Waals surface area contributed by atoms with Crippen LogP contribution in [0.4, 0.5) is 0 Å². The van der Waals surface area contributed by atoms with Crippen molar-refractivity contribution in [3.8, 4) is 11.7 Å². The van der Waals surface area contributed by atoms with Crippen LogP contribution in [0.1, 0.15) is 13.3 Å². The summed E-state index contributed by atoms with van der Waals surface area (Å²) in [5.41, 5.74) is 0.921. The summed E-state index contributed by atoms with van der Waals surface area (Å²) in [6, 6.07) is 10.00. The molecule has 0 amide bonds. The highest BCUT2D eigenvalue weighted by Gasteiger charge is 2.43. The Morgan fingerprint density at radius 3 is 2.85 bits per heavy atom. The molecule has 0 radical (unpaired) electrons. The van der Waals surface area contributed by atoms with Crippen molar-refractivity contribution >= 4 is 0 Å². The van der Waals surface area contributed by atoms with Crippen molar-refractivity contribution in [1.29, 1.82) is 0 Å². The van der Waals surface area contributed by atoms with Crippen LogP contribution in [-0.4, -0.2) is 44.8 Å². The molecule has 6 heteroatoms. The lowest BCUT2D eigenvalue weighted by molar-refractivity contribution is -0.162. The molecule has 1 heterocycles. The van der Waals surface area contributed by atoms with Crippen LogP contribution < -0.4 is 4.74 Å². The van der Waals surface area contributed by atoms with E-state index in [4.69, 9.17) is 9.47 Å². The Hall–Kier alpha value is -1.92. The minimum Gasteiger partial charge on any atom is -0.456 e. The maximum absolute atomic E-state index is 9.62. The van der Waals surface area contributed by atoms with E-state index in [-0.39, 0.29) is 12.2 Å². The molecular weight excluding hydrogens is 258 g/mol. The zero-order chi connectivity index (χ0) is 13.9. The van der Waals surface area contributed by atoms with E-state index in [0.29, 0.717) is 19.0 Å². The summed E-state index contributed by atoms with van der Waals surface area (Å²) in [7, 11) is 0. The molecule has 20 heavy (non-hydrogen) atoms. The van der Waals surface area contributed by atoms with E-state index in [9.17, 15) is 5.11 Å². The van der Waals surface area contributed by atoms with Crippen molar-refractivity contribution in [1.82, 2.24) is 14.8 Å². The van der Waals surface area contributed by atoms with Gasteiger partial charge in [0.05, 0.1) is 11.8 Å². The number of para-hydroxylation sites is 1. The fraction of sp³-hybridized carbons (Fsp3) is 0.429. The molecule has 0 bridgehead atoms. The summed E-state index contributed by atoms with van der Waals surface area (Å²) in [6.07, 6.45) is 1.22. The van der Waals surface area contributed by atoms with Crippen LogP contribution in [0.2, 0.25) is 0 Å². The summed E-state index contributed by atoms with van der Waals surface area (Å²) in [6.45, 7) is 2.44. The van der Waals surface area contributed by atoms with Crippen molar-refractivity contribution in [2.24, 2.45) is 0 Å². The Morgan fingerprint density at radius 2 is 2.15 bits per heavy atom. The molecule has 1 aliphatic carbocycles. The smallest absolute Gasteiger partial charge is 0.336 e. The van der Waals surface area contributed by atoms with Crippen molar-refractivity contribution in [3.05, 3.63) is 36.7 Å². The highest BCUT2D eigenvalue weighted by atomic mass is 16.6. The predicted octanol–water partition coefficient (Wildman–Crippen LogP) is 1.18. The van der Waals surface area contributed by atoms with Gasteiger partial charge in [0.2, 0.25) is 0 Å². The number of ether oxygens (including phenoxy) is 2. The van der Waals surface area contributed by atoms with Gasteiger partial charge in [-0.25, -0.2) is 4.68 Å². The molecule has 1 aromatic heterocycles. The molecule has 0 aliphatic heterocycles. The number of hydrogen-bond acceptors (Lipinski definition) is 5. The number of aliphatic hydroxyl groups excluding tert-OH is 1. The van der Waals surface area contributed by atoms with E-state index >= 15 is 0 Å². The molecule has 3 unspecified atom stereocenters. The Bertz CT molecular complexity index is 558. The zero-order valence-electron chi connectivity index (χ0n) is 11.2. The lowest BCUT2D eigenvalue weighted by atomic mass is 9.88. The van der Waals surface area contributed by atoms with Crippen molar-refractivity contribution in [2.75, 3.05) is 6.61 Å². The third-order valence-corrected chi connectivity index (χ3v) is 3.33. The number of nitrogens with zero attached hydrogens (tertiary/aromatic N) is 3. The van der Waals surface area contributed by atoms with Gasteiger partial charge in [-0.05, 0) is 19.1 Å². The van der Waals surface area contributed by atoms with Crippen LogP contribution in [0.25, 0.3) is 5.69 Å². The molecule has 1 aliphatic rings. The summed E-state index contributed by atoms with van der Waals surface area (Å²) in [5, 5.41) is 13.9. The summed E-state index contributed by atoms with van der Waals surface area (Å²) >= 11 is 0. The quantitative estimate of drug-likeness (QED) is 0.887. The van der Waals surface area contributed by atoms with E-state index in [1.165, 1.54) is 0 Å². The topological polar surface area (TPSA) is 69.4 Å². The Morgan fingerprint density at radius 1 is 1.35 bits per heavy atom. The van der Waals surface area contributed by atoms with Gasteiger partial charge in [0.15, 0.2) is 0 Å². The predicted molar refractivity (Wildman–Crippen MR) is 71.8 cm³/mol. The van der Waals surface area contributed by atoms with Crippen LogP contribution in [0.15, 0.2) is 36.7 Å². The highest BCUT2D eigenvalue weighted by molar-refractivity contribution is 5.29. The molecule has 0 saturated heterocycles. The molecule has 106 valence electrons. The molecule has 1 aromatic carbocycles. The largest absolute Gasteiger partial charge is 0.456 e. The Labute approximate surface area is 117 Å². The average molecular weight is 275 g/mol. The Kier molecular flexibility index (Phi) is 3.66. The molecule has 6 nitrogen and oxygen atoms in total. The van der Waals surface area contributed by atoms with Crippen LogP contribution >= 0.6 is 0 Å². The second-order valence-electron chi connectivity index (χ2n) is 4.69. The third-order valence-electron chi connectivity index (χ3n) is 3.33. The lowest BCUT2D eigenvalue weighted by Crippen LogP contribution is -2.55. The van der Waals surface area contributed by atoms with Gasteiger partial charge < -0.3 is 14.6 Å². The number of hydrogen-bond donors (Lipinski definition) is 1. The number of benzene rings is 1. The van der Waals surface area contributed by atoms with Crippen molar-refractivity contribution in [2.45, 2.75) is 31.7 Å². The Balaban J connectivity index is 1.66. The fourth-order valence-corrected chi connectivity index (χ4v) is 2.23. The fourth-order valence-electron chi connectivity index (χ4n) is 2.23. The first-order chi connectivity index (χ1) is 9.78. The van der Waals surface area contributed by atoms with Crippen LogP contribution in [0, 0.1) is 0 Å². The molecule has 3 atom stereocenters. The van der Waals surface area contributed by atoms with E-state index < -0.39 is 6.10 Å². The number of aromatic nitrogens is 3. The van der Waals surface area contributed by atoms with Gasteiger partial charge in [0, 0.05) is 13.0 Å². The summed E-state index contributed by atoms with van der Waals surface area (Å²) < 4.78 is 12.7. The van der Waals surface area contributed by atoms with Gasteiger partial charge in [-0.3, -0.25) is 0 Å². The standard InChI is InChI=1S/C14H17N3O3/c1-2-19-13-11(18)8-12(13)20-14-15-9-17(16-14)10-6-4-3-5-7-10/h3-7,9,11-13,18H,2,8H2,1H3. The van der Waals surface area contributed by atoms with Gasteiger partial charge in [-0.2, -0.15) is 4.98 Å². The minimum atomic E-state index is -0.462. The van der Waals surface area contributed by atoms with E-state index in [0.717, 1.165) is 5.69 Å². The summed E-state index contributed by atoms with van der Waals surface area (Å²) in [4.78, 5) is 4.13. The SMILES string of the molecule is CCOC1C(O)CC1Oc1ncn(-c2ccccc2)n1. The zero-order valence-corrected chi connectivity index (χ0v) is 11.2. The van der Waals surface area contributed by atoms with Gasteiger partial charge in [-0.1, -0.05) is 18.2 Å². The van der Waals surface area contributed by atoms with Gasteiger partial charge >= 0.3 is 6.01 Å². The van der Waals surface area contributed by atoms with Crippen LogP contribution in [0.3, 0.4) is 0 Å². The minimum absolute atomic E-state index is 0.184. The van der Waals surface area contributed by atoms with E-state index in [1.807, 2.05) is 37.3 Å². The number of rotatable bonds is 5. The molecule has 1 fully saturated rings. The second kappa shape index (κ2) is 5.60. The van der Waals surface area contributed by atoms with Gasteiger partial charge in [-0.15, -0.1) is 5.10 Å². The van der Waals surface area contributed by atoms with Crippen LogP contribution in [-0.2, 0) is 4.74 Å². The van der Waals surface area contributed by atoms with Gasteiger partial charge in [0.25, 0.3) is 0 Å². The maximum Gasteiger partial charge on any atom is 0.336 e.